The van der Waals surface area contributed by atoms with Crippen LogP contribution in [0.15, 0.2) is 54.7 Å². The summed E-state index contributed by atoms with van der Waals surface area (Å²) < 4.78 is 53.7. The molecule has 2 saturated heterocycles. The van der Waals surface area contributed by atoms with Gasteiger partial charge in [-0.1, -0.05) is 39.8 Å². The van der Waals surface area contributed by atoms with Gasteiger partial charge in [-0.2, -0.15) is 13.2 Å². The number of alkyl halides is 3. The normalized spacial score (nSPS) is 21.6. The summed E-state index contributed by atoms with van der Waals surface area (Å²) in [5, 5.41) is 18.5. The second-order valence-corrected chi connectivity index (χ2v) is 19.6. The van der Waals surface area contributed by atoms with E-state index in [1.807, 2.05) is 51.1 Å². The van der Waals surface area contributed by atoms with Gasteiger partial charge in [0.25, 0.3) is 5.91 Å². The lowest BCUT2D eigenvalue weighted by molar-refractivity contribution is -0.155. The molecule has 2 fully saturated rings. The maximum Gasteiger partial charge on any atom is 0.405 e. The maximum atomic E-state index is 14.7. The minimum absolute atomic E-state index is 0.0528. The van der Waals surface area contributed by atoms with Crippen LogP contribution in [0.5, 0.6) is 5.75 Å². The van der Waals surface area contributed by atoms with Gasteiger partial charge < -0.3 is 34.3 Å². The fourth-order valence-corrected chi connectivity index (χ4v) is 9.67. The van der Waals surface area contributed by atoms with Gasteiger partial charge in [0.15, 0.2) is 0 Å². The second kappa shape index (κ2) is 20.1. The molecule has 7 rings (SSSR count). The molecule has 19 heteroatoms. The van der Waals surface area contributed by atoms with Gasteiger partial charge in [0.05, 0.1) is 30.6 Å². The Balaban J connectivity index is 1.27. The smallest absolute Gasteiger partial charge is 0.405 e. The van der Waals surface area contributed by atoms with Gasteiger partial charge >= 0.3 is 12.1 Å². The molecule has 372 valence electrons. The first-order valence-electron chi connectivity index (χ1n) is 23.4. The first-order chi connectivity index (χ1) is 32.5. The molecule has 4 N–H and O–H groups in total. The van der Waals surface area contributed by atoms with Crippen molar-refractivity contribution in [3.8, 4) is 28.1 Å². The number of pyridine rings is 1. The Hall–Kier alpha value is -6.05. The quantitative estimate of drug-likeness (QED) is 0.113. The number of cyclic esters (lactones) is 1. The van der Waals surface area contributed by atoms with E-state index in [1.54, 1.807) is 33.2 Å². The molecule has 0 spiro atoms. The molecular formula is C50H63F3N8O8. The molecule has 2 aromatic carbocycles. The fraction of sp³-hybridized carbons (Fsp3) is 0.520. The van der Waals surface area contributed by atoms with Crippen LogP contribution in [0, 0.1) is 11.3 Å². The lowest BCUT2D eigenvalue weighted by Gasteiger charge is -2.37. The van der Waals surface area contributed by atoms with Crippen LogP contribution in [0.4, 0.5) is 13.2 Å². The summed E-state index contributed by atoms with van der Waals surface area (Å²) in [6, 6.07) is 8.13. The molecule has 0 saturated carbocycles. The molecule has 1 unspecified atom stereocenters. The van der Waals surface area contributed by atoms with Crippen molar-refractivity contribution in [3.63, 3.8) is 0 Å². The number of amides is 4. The molecule has 3 aliphatic rings. The van der Waals surface area contributed by atoms with Crippen molar-refractivity contribution in [3.05, 3.63) is 71.5 Å². The second-order valence-electron chi connectivity index (χ2n) is 19.6. The number of methoxy groups -OCH3 is 1. The Labute approximate surface area is 399 Å². The zero-order valence-corrected chi connectivity index (χ0v) is 40.6. The van der Waals surface area contributed by atoms with Crippen molar-refractivity contribution < 1.29 is 51.7 Å². The number of likely N-dealkylation sites (N-methyl/N-ethyl adjacent to an activating group) is 2. The van der Waals surface area contributed by atoms with Gasteiger partial charge in [-0.05, 0) is 97.7 Å². The number of aromatic hydroxyl groups is 1. The largest absolute Gasteiger partial charge is 0.508 e. The number of phenolic OH excluding ortho intramolecular Hbond substituents is 1. The lowest BCUT2D eigenvalue weighted by Crippen LogP contribution is -2.62. The van der Waals surface area contributed by atoms with Crippen LogP contribution >= 0.6 is 0 Å². The number of nitrogens with one attached hydrogen (secondary N) is 3. The number of carbonyl (C=O) groups excluding carboxylic acids is 5. The molecule has 0 aliphatic carbocycles. The molecule has 69 heavy (non-hydrogen) atoms. The lowest BCUT2D eigenvalue weighted by atomic mass is 9.84. The zero-order chi connectivity index (χ0) is 50.3. The molecule has 4 amide bonds. The number of phenols is 1. The molecule has 0 radical (unpaired) electrons. The predicted molar refractivity (Wildman–Crippen MR) is 251 cm³/mol. The van der Waals surface area contributed by atoms with Crippen LogP contribution in [0.3, 0.4) is 0 Å². The summed E-state index contributed by atoms with van der Waals surface area (Å²) in [7, 11) is 4.21. The zero-order valence-electron chi connectivity index (χ0n) is 40.6. The first kappa shape index (κ1) is 50.8. The molecule has 6 atom stereocenters. The average Bonchev–Trinajstić information content (AvgIpc) is 4.07. The Morgan fingerprint density at radius 3 is 2.48 bits per heavy atom. The number of hydrogen-bond acceptors (Lipinski definition) is 11. The number of halogens is 3. The number of fused-ring (bicyclic) bond motifs is 6. The van der Waals surface area contributed by atoms with Crippen molar-refractivity contribution >= 4 is 40.5 Å². The summed E-state index contributed by atoms with van der Waals surface area (Å²) in [6.07, 6.45) is -2.01. The van der Waals surface area contributed by atoms with Crippen LogP contribution in [-0.4, -0.2) is 136 Å². The van der Waals surface area contributed by atoms with E-state index in [2.05, 4.69) is 33.6 Å². The fourth-order valence-electron chi connectivity index (χ4n) is 9.67. The van der Waals surface area contributed by atoms with Crippen LogP contribution in [0.25, 0.3) is 33.3 Å². The van der Waals surface area contributed by atoms with E-state index in [-0.39, 0.29) is 31.4 Å². The van der Waals surface area contributed by atoms with Crippen molar-refractivity contribution in [2.45, 2.75) is 116 Å². The monoisotopic (exact) mass is 960 g/mol. The van der Waals surface area contributed by atoms with E-state index in [0.717, 1.165) is 48.8 Å². The minimum Gasteiger partial charge on any atom is -0.508 e. The summed E-state index contributed by atoms with van der Waals surface area (Å²) in [5.41, 5.74) is 8.99. The van der Waals surface area contributed by atoms with Gasteiger partial charge in [0.2, 0.25) is 17.7 Å². The van der Waals surface area contributed by atoms with Gasteiger partial charge in [-0.15, -0.1) is 0 Å². The summed E-state index contributed by atoms with van der Waals surface area (Å²) in [5.74, 6) is -4.09. The summed E-state index contributed by atoms with van der Waals surface area (Å²) in [4.78, 5) is 76.2. The van der Waals surface area contributed by atoms with Gasteiger partial charge in [-0.25, -0.2) is 5.43 Å². The van der Waals surface area contributed by atoms with Crippen molar-refractivity contribution in [2.24, 2.45) is 11.3 Å². The van der Waals surface area contributed by atoms with Crippen LogP contribution in [-0.2, 0) is 52.8 Å². The first-order valence-corrected chi connectivity index (χ1v) is 23.4. The molecule has 4 aromatic rings. The highest BCUT2D eigenvalue weighted by Gasteiger charge is 2.59. The molecule has 16 nitrogen and oxygen atoms in total. The summed E-state index contributed by atoms with van der Waals surface area (Å²) >= 11 is 0. The molecule has 3 aliphatic heterocycles. The van der Waals surface area contributed by atoms with Crippen LogP contribution < -0.4 is 16.1 Å². The Morgan fingerprint density at radius 1 is 1.07 bits per heavy atom. The molecule has 5 heterocycles. The van der Waals surface area contributed by atoms with E-state index < -0.39 is 83.9 Å². The predicted octanol–water partition coefficient (Wildman–Crippen LogP) is 5.30. The van der Waals surface area contributed by atoms with Crippen LogP contribution in [0.2, 0.25) is 0 Å². The van der Waals surface area contributed by atoms with E-state index in [0.29, 0.717) is 36.9 Å². The van der Waals surface area contributed by atoms with Gasteiger partial charge in [0, 0.05) is 68.8 Å². The number of hydrazine groups is 1. The summed E-state index contributed by atoms with van der Waals surface area (Å²) in [6.45, 7) is 11.8. The highest BCUT2D eigenvalue weighted by molar-refractivity contribution is 5.96. The highest BCUT2D eigenvalue weighted by Crippen LogP contribution is 2.42. The highest BCUT2D eigenvalue weighted by atomic mass is 19.4. The Bertz CT molecular complexity index is 2620. The molecule has 6 bridgehead atoms. The van der Waals surface area contributed by atoms with E-state index in [9.17, 15) is 42.3 Å². The third-order valence-electron chi connectivity index (χ3n) is 13.3. The maximum absolute atomic E-state index is 14.7. The number of rotatable bonds is 11. The van der Waals surface area contributed by atoms with Crippen molar-refractivity contribution in [1.82, 2.24) is 40.4 Å². The van der Waals surface area contributed by atoms with E-state index in [4.69, 9.17) is 14.5 Å². The standard InChI is InChI=1S/C50H63F3N8O8/c1-10-60-38-16-15-30-23-34(38)35(43(60)33-13-11-17-54-40(33)28(4)68-9)24-49(5,6)26-69-48(67)36-14-12-18-61(57-36)46(65)37(21-29-19-31(30)22-32(62)20-29)55-45(64)42(27(2)3)59(8)39(63)25-58(7)47(66)41-44(56-41)50(51,52)53/h11,13,15-17,19-20,22-23,27-28,36-37,41-42,44,56-57,62H,10,12,14,18,21,24-26H2,1-9H3,(H,55,64)/t28-,36-,37-,41-,42?,44-/m0/s1. The van der Waals surface area contributed by atoms with E-state index in [1.165, 1.54) is 25.2 Å². The number of nitrogens with zero attached hydrogens (tertiary/aromatic N) is 5. The minimum atomic E-state index is -4.63. The van der Waals surface area contributed by atoms with Crippen LogP contribution in [0.1, 0.15) is 77.3 Å². The molecule has 2 aromatic heterocycles. The third-order valence-corrected chi connectivity index (χ3v) is 13.3. The third kappa shape index (κ3) is 10.9. The number of benzene rings is 2. The number of hydrogen-bond donors (Lipinski definition) is 4. The number of ether oxygens (including phenoxy) is 2. The van der Waals surface area contributed by atoms with Gasteiger partial charge in [0.1, 0.15) is 36.0 Å². The number of carbonyl (C=O) groups is 5. The number of esters is 1. The van der Waals surface area contributed by atoms with Gasteiger partial charge in [-0.3, -0.25) is 39.3 Å². The van der Waals surface area contributed by atoms with Crippen molar-refractivity contribution in [1.29, 1.82) is 0 Å². The Morgan fingerprint density at radius 2 is 1.81 bits per heavy atom. The van der Waals surface area contributed by atoms with Crippen molar-refractivity contribution in [2.75, 3.05) is 40.9 Å². The SMILES string of the molecule is CCn1c(-c2cccnc2[C@H](C)OC)c2c3cc(ccc31)-c1cc(O)cc(c1)C[C@H](NC(=O)C(C(C)C)N(C)C(=O)CN(C)C(=O)[C@H]1N[C@@H]1C(F)(F)F)C(=O)N1CCC[C@H](N1)C(=O)OCC(C)(C)C2. The number of aryl methyl sites for hydroxylation is 1. The average molecular weight is 961 g/mol. The van der Waals surface area contributed by atoms with E-state index >= 15 is 0 Å². The topological polar surface area (TPSA) is 198 Å². The number of aromatic nitrogens is 2. The molecular weight excluding hydrogens is 898 g/mol. The Kier molecular flexibility index (Phi) is 14.8.